The summed E-state index contributed by atoms with van der Waals surface area (Å²) in [6.45, 7) is 5.94. The van der Waals surface area contributed by atoms with Gasteiger partial charge in [0.15, 0.2) is 5.82 Å². The Morgan fingerprint density at radius 2 is 1.74 bits per heavy atom. The second kappa shape index (κ2) is 8.47. The minimum atomic E-state index is -3.83. The number of aromatic nitrogens is 6. The average Bonchev–Trinajstić information content (AvgIpc) is 3.41. The molecule has 0 spiro atoms. The van der Waals surface area contributed by atoms with Crippen molar-refractivity contribution in [1.29, 1.82) is 0 Å². The summed E-state index contributed by atoms with van der Waals surface area (Å²) in [5.41, 5.74) is 4.32. The van der Waals surface area contributed by atoms with Gasteiger partial charge in [-0.2, -0.15) is 13.8 Å². The van der Waals surface area contributed by atoms with Crippen molar-refractivity contribution in [1.82, 2.24) is 28.7 Å². The van der Waals surface area contributed by atoms with Gasteiger partial charge in [0.1, 0.15) is 21.7 Å². The van der Waals surface area contributed by atoms with E-state index in [9.17, 15) is 8.42 Å². The van der Waals surface area contributed by atoms with Crippen LogP contribution < -0.4 is 9.46 Å². The highest BCUT2D eigenvalue weighted by atomic mass is 32.2. The number of hydrogen-bond donors (Lipinski definition) is 1. The van der Waals surface area contributed by atoms with E-state index in [0.29, 0.717) is 34.2 Å². The maximum atomic E-state index is 12.9. The number of nitrogens with one attached hydrogen (secondary N) is 1. The van der Waals surface area contributed by atoms with Crippen LogP contribution in [0.15, 0.2) is 59.5 Å². The molecular weight excluding hydrogens is 474 g/mol. The molecule has 0 radical (unpaired) electrons. The van der Waals surface area contributed by atoms with E-state index in [1.165, 1.54) is 6.07 Å². The summed E-state index contributed by atoms with van der Waals surface area (Å²) in [4.78, 5) is 0.0762. The van der Waals surface area contributed by atoms with Gasteiger partial charge in [-0.1, -0.05) is 6.07 Å². The number of ether oxygens (including phenoxy) is 1. The summed E-state index contributed by atoms with van der Waals surface area (Å²) in [7, 11) is -3.83. The van der Waals surface area contributed by atoms with Gasteiger partial charge < -0.3 is 4.74 Å². The fraction of sp³-hybridized carbons (Fsp3) is 0.136. The van der Waals surface area contributed by atoms with Gasteiger partial charge >= 0.3 is 0 Å². The third-order valence-corrected chi connectivity index (χ3v) is 7.32. The van der Waals surface area contributed by atoms with Crippen LogP contribution in [0.4, 0.5) is 5.69 Å². The van der Waals surface area contributed by atoms with Crippen LogP contribution in [0.1, 0.15) is 17.0 Å². The fourth-order valence-electron chi connectivity index (χ4n) is 3.34. The van der Waals surface area contributed by atoms with Crippen LogP contribution in [0.2, 0.25) is 0 Å². The quantitative estimate of drug-likeness (QED) is 0.373. The van der Waals surface area contributed by atoms with Gasteiger partial charge in [0.2, 0.25) is 5.88 Å². The smallest absolute Gasteiger partial charge is 0.264 e. The molecule has 0 atom stereocenters. The average molecular weight is 494 g/mol. The number of anilines is 1. The van der Waals surface area contributed by atoms with E-state index in [4.69, 9.17) is 4.74 Å². The summed E-state index contributed by atoms with van der Waals surface area (Å²) >= 11 is 0.969. The molecule has 3 aromatic heterocycles. The number of aryl methyl sites for hydroxylation is 1. The largest absolute Gasteiger partial charge is 0.438 e. The Morgan fingerprint density at radius 1 is 0.941 bits per heavy atom. The van der Waals surface area contributed by atoms with Crippen molar-refractivity contribution in [3.05, 3.63) is 71.5 Å². The Bertz CT molecular complexity index is 1590. The first-order valence-electron chi connectivity index (χ1n) is 10.2. The predicted molar refractivity (Wildman–Crippen MR) is 128 cm³/mol. The first-order chi connectivity index (χ1) is 16.3. The molecule has 0 aliphatic heterocycles. The number of nitrogens with zero attached hydrogens (tertiary/aromatic N) is 6. The normalized spacial score (nSPS) is 11.6. The Balaban J connectivity index is 1.30. The van der Waals surface area contributed by atoms with Crippen molar-refractivity contribution in [2.45, 2.75) is 25.7 Å². The molecule has 0 unspecified atom stereocenters. The van der Waals surface area contributed by atoms with E-state index in [0.717, 1.165) is 28.7 Å². The number of sulfonamides is 1. The number of fused-ring (bicyclic) bond motifs is 1. The van der Waals surface area contributed by atoms with Crippen molar-refractivity contribution in [3.63, 3.8) is 0 Å². The first-order valence-corrected chi connectivity index (χ1v) is 12.4. The maximum Gasteiger partial charge on any atom is 0.264 e. The van der Waals surface area contributed by atoms with E-state index < -0.39 is 10.0 Å². The van der Waals surface area contributed by atoms with E-state index in [1.807, 2.05) is 20.8 Å². The van der Waals surface area contributed by atoms with Crippen LogP contribution in [-0.2, 0) is 10.0 Å². The van der Waals surface area contributed by atoms with Crippen LogP contribution in [0.3, 0.4) is 0 Å². The van der Waals surface area contributed by atoms with E-state index >= 15 is 0 Å². The molecule has 0 saturated heterocycles. The van der Waals surface area contributed by atoms with Gasteiger partial charge in [-0.3, -0.25) is 4.72 Å². The van der Waals surface area contributed by atoms with Gasteiger partial charge in [0, 0.05) is 17.4 Å². The van der Waals surface area contributed by atoms with Crippen molar-refractivity contribution < 1.29 is 13.2 Å². The van der Waals surface area contributed by atoms with Crippen LogP contribution >= 0.6 is 11.7 Å². The summed E-state index contributed by atoms with van der Waals surface area (Å²) < 4.78 is 43.9. The lowest BCUT2D eigenvalue weighted by atomic mass is 10.2. The van der Waals surface area contributed by atoms with Crippen molar-refractivity contribution in [2.75, 3.05) is 4.72 Å². The lowest BCUT2D eigenvalue weighted by Gasteiger charge is -2.10. The second-order valence-corrected chi connectivity index (χ2v) is 9.74. The molecule has 5 rings (SSSR count). The Hall–Kier alpha value is -3.90. The molecule has 172 valence electrons. The van der Waals surface area contributed by atoms with E-state index in [-0.39, 0.29) is 4.90 Å². The molecule has 3 heterocycles. The molecular formula is C22H19N7O3S2. The molecule has 12 heteroatoms. The standard InChI is InChI=1S/C22H19N7O3S2/c1-13-14(2)25-29(15(13)3)20-11-12-21(24-23-20)32-17-9-7-16(8-10-17)28-34(30,31)19-6-4-5-18-22(19)27-33-26-18/h4-12,28H,1-3H3. The third-order valence-electron chi connectivity index (χ3n) is 5.36. The highest BCUT2D eigenvalue weighted by Gasteiger charge is 2.19. The minimum absolute atomic E-state index is 0.0762. The number of benzene rings is 2. The number of rotatable bonds is 6. The lowest BCUT2D eigenvalue weighted by molar-refractivity contribution is 0.454. The molecule has 34 heavy (non-hydrogen) atoms. The highest BCUT2D eigenvalue weighted by Crippen LogP contribution is 2.26. The molecule has 5 aromatic rings. The van der Waals surface area contributed by atoms with Gasteiger partial charge in [0.05, 0.1) is 17.4 Å². The zero-order valence-electron chi connectivity index (χ0n) is 18.4. The van der Waals surface area contributed by atoms with Crippen molar-refractivity contribution >= 4 is 38.5 Å². The Labute approximate surface area is 199 Å². The molecule has 0 aliphatic rings. The molecule has 1 N–H and O–H groups in total. The Morgan fingerprint density at radius 3 is 2.41 bits per heavy atom. The predicted octanol–water partition coefficient (Wildman–Crippen LogP) is 4.19. The third kappa shape index (κ3) is 4.08. The van der Waals surface area contributed by atoms with Gasteiger partial charge in [-0.05, 0) is 68.8 Å². The zero-order valence-corrected chi connectivity index (χ0v) is 20.1. The first kappa shape index (κ1) is 21.9. The number of hydrogen-bond acceptors (Lipinski definition) is 9. The molecule has 0 aliphatic carbocycles. The fourth-order valence-corrected chi connectivity index (χ4v) is 5.17. The molecule has 0 saturated carbocycles. The van der Waals surface area contributed by atoms with Gasteiger partial charge in [0.25, 0.3) is 10.0 Å². The van der Waals surface area contributed by atoms with Crippen LogP contribution in [0.25, 0.3) is 16.9 Å². The van der Waals surface area contributed by atoms with E-state index in [1.54, 1.807) is 53.2 Å². The second-order valence-electron chi connectivity index (χ2n) is 7.56. The molecule has 0 amide bonds. The van der Waals surface area contributed by atoms with E-state index in [2.05, 4.69) is 28.8 Å². The monoisotopic (exact) mass is 493 g/mol. The van der Waals surface area contributed by atoms with Crippen LogP contribution in [0.5, 0.6) is 11.6 Å². The summed E-state index contributed by atoms with van der Waals surface area (Å²) in [5, 5.41) is 12.8. The zero-order chi connectivity index (χ0) is 23.9. The summed E-state index contributed by atoms with van der Waals surface area (Å²) in [5.74, 6) is 1.38. The molecule has 2 aromatic carbocycles. The van der Waals surface area contributed by atoms with Gasteiger partial charge in [-0.15, -0.1) is 10.2 Å². The SMILES string of the molecule is Cc1nn(-c2ccc(Oc3ccc(NS(=O)(=O)c4cccc5nsnc45)cc3)nn2)c(C)c1C. The maximum absolute atomic E-state index is 12.9. The minimum Gasteiger partial charge on any atom is -0.438 e. The van der Waals surface area contributed by atoms with Crippen molar-refractivity contribution in [3.8, 4) is 17.4 Å². The van der Waals surface area contributed by atoms with Crippen LogP contribution in [0, 0.1) is 20.8 Å². The molecule has 0 bridgehead atoms. The highest BCUT2D eigenvalue weighted by molar-refractivity contribution is 7.93. The van der Waals surface area contributed by atoms with Crippen LogP contribution in [-0.4, -0.2) is 37.1 Å². The Kier molecular flexibility index (Phi) is 5.46. The molecule has 10 nitrogen and oxygen atoms in total. The summed E-state index contributed by atoms with van der Waals surface area (Å²) in [6, 6.07) is 14.8. The topological polar surface area (TPSA) is 125 Å². The summed E-state index contributed by atoms with van der Waals surface area (Å²) in [6.07, 6.45) is 0. The van der Waals surface area contributed by atoms with Crippen molar-refractivity contribution in [2.24, 2.45) is 0 Å². The molecule has 0 fully saturated rings. The van der Waals surface area contributed by atoms with Gasteiger partial charge in [-0.25, -0.2) is 13.1 Å². The lowest BCUT2D eigenvalue weighted by Crippen LogP contribution is -2.13.